The number of hydrogen-bond donors (Lipinski definition) is 1. The highest BCUT2D eigenvalue weighted by molar-refractivity contribution is 8.00. The van der Waals surface area contributed by atoms with E-state index in [0.29, 0.717) is 0 Å². The molecular weight excluding hydrogens is 310 g/mol. The molecule has 2 aromatic carbocycles. The van der Waals surface area contributed by atoms with Gasteiger partial charge in [-0.3, -0.25) is 0 Å². The van der Waals surface area contributed by atoms with Crippen molar-refractivity contribution in [1.29, 1.82) is 0 Å². The van der Waals surface area contributed by atoms with E-state index in [-0.39, 0.29) is 0 Å². The number of hydrogen-bond acceptors (Lipinski definition) is 5. The van der Waals surface area contributed by atoms with Crippen LogP contribution in [0.4, 0.5) is 10.8 Å². The van der Waals surface area contributed by atoms with Crippen LogP contribution in [0.25, 0.3) is 0 Å². The summed E-state index contributed by atoms with van der Waals surface area (Å²) >= 11 is 3.32. The minimum atomic E-state index is 0.835. The summed E-state index contributed by atoms with van der Waals surface area (Å²) in [7, 11) is 0. The molecule has 0 saturated carbocycles. The fourth-order valence-corrected chi connectivity index (χ4v) is 3.90. The number of nitrogens with zero attached hydrogens (tertiary/aromatic N) is 2. The number of nitrogens with one attached hydrogen (secondary N) is 1. The van der Waals surface area contributed by atoms with Crippen LogP contribution >= 0.6 is 23.1 Å². The van der Waals surface area contributed by atoms with Crippen LogP contribution in [0.15, 0.2) is 52.9 Å². The van der Waals surface area contributed by atoms with Crippen molar-refractivity contribution in [3.63, 3.8) is 0 Å². The van der Waals surface area contributed by atoms with E-state index < -0.39 is 0 Å². The molecule has 0 bridgehead atoms. The molecule has 0 amide bonds. The summed E-state index contributed by atoms with van der Waals surface area (Å²) < 4.78 is 0.985. The van der Waals surface area contributed by atoms with E-state index in [4.69, 9.17) is 0 Å². The number of benzene rings is 2. The van der Waals surface area contributed by atoms with Gasteiger partial charge in [-0.15, -0.1) is 10.2 Å². The molecule has 0 unspecified atom stereocenters. The first-order valence-electron chi connectivity index (χ1n) is 7.06. The first-order valence-corrected chi connectivity index (χ1v) is 8.86. The summed E-state index contributed by atoms with van der Waals surface area (Å²) in [5, 5.41) is 12.6. The van der Waals surface area contributed by atoms with Gasteiger partial charge in [0, 0.05) is 11.4 Å². The zero-order valence-corrected chi connectivity index (χ0v) is 14.2. The largest absolute Gasteiger partial charge is 0.330 e. The minimum Gasteiger partial charge on any atom is -0.330 e. The van der Waals surface area contributed by atoms with E-state index in [1.54, 1.807) is 23.1 Å². The lowest BCUT2D eigenvalue weighted by Crippen LogP contribution is -1.91. The van der Waals surface area contributed by atoms with Crippen LogP contribution in [-0.2, 0) is 5.75 Å². The molecule has 3 rings (SSSR count). The molecule has 5 heteroatoms. The first-order chi connectivity index (χ1) is 10.7. The molecule has 1 N–H and O–H groups in total. The third-order valence-corrected chi connectivity index (χ3v) is 5.43. The topological polar surface area (TPSA) is 37.8 Å². The number of aryl methyl sites for hydroxylation is 2. The van der Waals surface area contributed by atoms with E-state index in [1.165, 1.54) is 16.7 Å². The van der Waals surface area contributed by atoms with Gasteiger partial charge in [0.15, 0.2) is 4.34 Å². The van der Waals surface area contributed by atoms with Crippen LogP contribution in [0.5, 0.6) is 0 Å². The van der Waals surface area contributed by atoms with Crippen molar-refractivity contribution < 1.29 is 0 Å². The van der Waals surface area contributed by atoms with Crippen LogP contribution in [0.2, 0.25) is 0 Å². The van der Waals surface area contributed by atoms with E-state index in [9.17, 15) is 0 Å². The molecule has 0 aliphatic heterocycles. The lowest BCUT2D eigenvalue weighted by Gasteiger charge is -2.04. The predicted octanol–water partition coefficient (Wildman–Crippen LogP) is 5.19. The number of thioether (sulfide) groups is 1. The zero-order chi connectivity index (χ0) is 15.4. The SMILES string of the molecule is Cc1ccccc1CSc1nnc(Nc2ccccc2C)s1. The van der Waals surface area contributed by atoms with Gasteiger partial charge in [-0.05, 0) is 36.6 Å². The fourth-order valence-electron chi connectivity index (χ4n) is 2.06. The van der Waals surface area contributed by atoms with Gasteiger partial charge >= 0.3 is 0 Å². The molecule has 0 spiro atoms. The Morgan fingerprint density at radius 2 is 1.68 bits per heavy atom. The average molecular weight is 327 g/mol. The predicted molar refractivity (Wildman–Crippen MR) is 95.1 cm³/mol. The van der Waals surface area contributed by atoms with Crippen LogP contribution in [0, 0.1) is 13.8 Å². The third-order valence-electron chi connectivity index (χ3n) is 3.41. The lowest BCUT2D eigenvalue weighted by atomic mass is 10.1. The fraction of sp³-hybridized carbons (Fsp3) is 0.176. The summed E-state index contributed by atoms with van der Waals surface area (Å²) in [6, 6.07) is 16.6. The molecule has 0 radical (unpaired) electrons. The minimum absolute atomic E-state index is 0.835. The standard InChI is InChI=1S/C17H17N3S2/c1-12-7-3-5-9-14(12)11-21-17-20-19-16(22-17)18-15-10-6-4-8-13(15)2/h3-10H,11H2,1-2H3,(H,18,19). The number of rotatable bonds is 5. The second-order valence-electron chi connectivity index (χ2n) is 5.03. The van der Waals surface area contributed by atoms with Crippen molar-refractivity contribution in [1.82, 2.24) is 10.2 Å². The maximum absolute atomic E-state index is 4.26. The monoisotopic (exact) mass is 327 g/mol. The molecule has 3 nitrogen and oxygen atoms in total. The van der Waals surface area contributed by atoms with E-state index >= 15 is 0 Å². The van der Waals surface area contributed by atoms with Gasteiger partial charge in [0.2, 0.25) is 5.13 Å². The van der Waals surface area contributed by atoms with Crippen molar-refractivity contribution in [3.05, 3.63) is 65.2 Å². The Morgan fingerprint density at radius 1 is 0.955 bits per heavy atom. The quantitative estimate of drug-likeness (QED) is 0.654. The van der Waals surface area contributed by atoms with Crippen molar-refractivity contribution in [3.8, 4) is 0 Å². The van der Waals surface area contributed by atoms with Gasteiger partial charge in [-0.1, -0.05) is 65.6 Å². The molecule has 112 valence electrons. The van der Waals surface area contributed by atoms with Gasteiger partial charge in [0.05, 0.1) is 0 Å². The lowest BCUT2D eigenvalue weighted by molar-refractivity contribution is 1.01. The molecule has 0 aliphatic rings. The van der Waals surface area contributed by atoms with E-state index in [1.807, 2.05) is 12.1 Å². The maximum Gasteiger partial charge on any atom is 0.210 e. The Hall–Kier alpha value is -1.85. The van der Waals surface area contributed by atoms with Crippen LogP contribution in [0.3, 0.4) is 0 Å². The summed E-state index contributed by atoms with van der Waals surface area (Å²) in [5.74, 6) is 0.922. The highest BCUT2D eigenvalue weighted by Gasteiger charge is 2.07. The summed E-state index contributed by atoms with van der Waals surface area (Å²) in [6.07, 6.45) is 0. The Bertz CT molecular complexity index is 768. The molecule has 1 heterocycles. The molecule has 0 atom stereocenters. The highest BCUT2D eigenvalue weighted by atomic mass is 32.2. The van der Waals surface area contributed by atoms with Crippen LogP contribution < -0.4 is 5.32 Å². The van der Waals surface area contributed by atoms with Crippen molar-refractivity contribution in [2.24, 2.45) is 0 Å². The smallest absolute Gasteiger partial charge is 0.210 e. The molecule has 0 saturated heterocycles. The maximum atomic E-state index is 4.26. The van der Waals surface area contributed by atoms with Gasteiger partial charge in [0.25, 0.3) is 0 Å². The molecule has 3 aromatic rings. The Balaban J connectivity index is 1.64. The van der Waals surface area contributed by atoms with Crippen molar-refractivity contribution >= 4 is 33.9 Å². The number of anilines is 2. The first kappa shape index (κ1) is 15.1. The van der Waals surface area contributed by atoms with Gasteiger partial charge in [-0.2, -0.15) is 0 Å². The summed E-state index contributed by atoms with van der Waals surface area (Å²) in [5.41, 5.74) is 4.94. The molecular formula is C17H17N3S2. The van der Waals surface area contributed by atoms with Crippen LogP contribution in [-0.4, -0.2) is 10.2 Å². The van der Waals surface area contributed by atoms with Gasteiger partial charge in [-0.25, -0.2) is 0 Å². The third kappa shape index (κ3) is 3.67. The van der Waals surface area contributed by atoms with Crippen molar-refractivity contribution in [2.45, 2.75) is 23.9 Å². The Morgan fingerprint density at radius 3 is 2.45 bits per heavy atom. The molecule has 0 fully saturated rings. The number of para-hydroxylation sites is 1. The molecule has 0 aliphatic carbocycles. The average Bonchev–Trinajstić information content (AvgIpc) is 2.96. The van der Waals surface area contributed by atoms with Gasteiger partial charge < -0.3 is 5.32 Å². The number of aromatic nitrogens is 2. The summed E-state index contributed by atoms with van der Waals surface area (Å²) in [6.45, 7) is 4.22. The highest BCUT2D eigenvalue weighted by Crippen LogP contribution is 2.31. The second-order valence-corrected chi connectivity index (χ2v) is 7.23. The Labute approximate surface area is 138 Å². The van der Waals surface area contributed by atoms with Crippen molar-refractivity contribution in [2.75, 3.05) is 5.32 Å². The summed E-state index contributed by atoms with van der Waals surface area (Å²) in [4.78, 5) is 0. The Kier molecular flexibility index (Phi) is 4.75. The molecule has 1 aromatic heterocycles. The normalized spacial score (nSPS) is 10.6. The second kappa shape index (κ2) is 6.94. The van der Waals surface area contributed by atoms with Gasteiger partial charge in [0.1, 0.15) is 0 Å². The molecule has 22 heavy (non-hydrogen) atoms. The van der Waals surface area contributed by atoms with E-state index in [0.717, 1.165) is 20.9 Å². The van der Waals surface area contributed by atoms with Crippen LogP contribution in [0.1, 0.15) is 16.7 Å². The zero-order valence-electron chi connectivity index (χ0n) is 12.5. The van der Waals surface area contributed by atoms with E-state index in [2.05, 4.69) is 65.8 Å².